The molecule has 2 aromatic rings. The Kier molecular flexibility index (Phi) is 7.18. The minimum absolute atomic E-state index is 0.179. The van der Waals surface area contributed by atoms with Crippen LogP contribution in [-0.2, 0) is 13.1 Å². The highest BCUT2D eigenvalue weighted by Gasteiger charge is 2.16. The molecular formula is C23H31N5O2. The van der Waals surface area contributed by atoms with Gasteiger partial charge in [-0.25, -0.2) is 4.98 Å². The molecule has 0 spiro atoms. The fraction of sp³-hybridized carbons (Fsp3) is 0.435. The Balaban J connectivity index is 1.54. The van der Waals surface area contributed by atoms with Crippen LogP contribution in [-0.4, -0.2) is 78.8 Å². The zero-order valence-electron chi connectivity index (χ0n) is 18.3. The molecule has 0 atom stereocenters. The summed E-state index contributed by atoms with van der Waals surface area (Å²) >= 11 is 0. The van der Waals surface area contributed by atoms with Gasteiger partial charge in [0.05, 0.1) is 11.3 Å². The number of piperazine rings is 1. The molecule has 7 heteroatoms. The van der Waals surface area contributed by atoms with Crippen LogP contribution >= 0.6 is 0 Å². The molecule has 1 fully saturated rings. The second-order valence-electron chi connectivity index (χ2n) is 8.11. The van der Waals surface area contributed by atoms with Crippen molar-refractivity contribution in [1.29, 1.82) is 0 Å². The summed E-state index contributed by atoms with van der Waals surface area (Å²) in [6, 6.07) is 11.7. The van der Waals surface area contributed by atoms with Gasteiger partial charge in [-0.15, -0.1) is 0 Å². The van der Waals surface area contributed by atoms with Crippen molar-refractivity contribution in [2.45, 2.75) is 20.0 Å². The van der Waals surface area contributed by atoms with Crippen LogP contribution in [0.1, 0.15) is 37.7 Å². The van der Waals surface area contributed by atoms with E-state index in [9.17, 15) is 9.59 Å². The Morgan fingerprint density at radius 3 is 2.23 bits per heavy atom. The van der Waals surface area contributed by atoms with Gasteiger partial charge in [-0.3, -0.25) is 14.5 Å². The van der Waals surface area contributed by atoms with Gasteiger partial charge in [0.1, 0.15) is 5.69 Å². The van der Waals surface area contributed by atoms with Gasteiger partial charge >= 0.3 is 0 Å². The lowest BCUT2D eigenvalue weighted by Gasteiger charge is -2.32. The molecule has 30 heavy (non-hydrogen) atoms. The zero-order valence-corrected chi connectivity index (χ0v) is 18.3. The molecule has 0 radical (unpaired) electrons. The average molecular weight is 410 g/mol. The van der Waals surface area contributed by atoms with Gasteiger partial charge in [0.15, 0.2) is 0 Å². The minimum Gasteiger partial charge on any atom is -0.348 e. The number of benzene rings is 1. The summed E-state index contributed by atoms with van der Waals surface area (Å²) in [5.74, 6) is -0.368. The molecule has 1 N–H and O–H groups in total. The van der Waals surface area contributed by atoms with Gasteiger partial charge in [0, 0.05) is 53.4 Å². The van der Waals surface area contributed by atoms with E-state index >= 15 is 0 Å². The lowest BCUT2D eigenvalue weighted by molar-refractivity contribution is 0.0820. The molecule has 2 heterocycles. The summed E-state index contributed by atoms with van der Waals surface area (Å²) in [4.78, 5) is 35.1. The van der Waals surface area contributed by atoms with E-state index in [1.807, 2.05) is 0 Å². The highest BCUT2D eigenvalue weighted by Crippen LogP contribution is 2.11. The number of rotatable bonds is 6. The Hall–Kier alpha value is -2.77. The first-order valence-electron chi connectivity index (χ1n) is 10.3. The number of nitrogens with one attached hydrogen (secondary N) is 1. The molecule has 0 saturated carbocycles. The first-order chi connectivity index (χ1) is 14.3. The van der Waals surface area contributed by atoms with Crippen molar-refractivity contribution in [3.05, 3.63) is 64.5 Å². The van der Waals surface area contributed by atoms with Gasteiger partial charge in [0.25, 0.3) is 11.8 Å². The van der Waals surface area contributed by atoms with Crippen molar-refractivity contribution in [3.8, 4) is 0 Å². The number of nitrogens with zero attached hydrogens (tertiary/aromatic N) is 4. The molecular weight excluding hydrogens is 378 g/mol. The predicted octanol–water partition coefficient (Wildman–Crippen LogP) is 1.77. The van der Waals surface area contributed by atoms with Crippen LogP contribution in [0.25, 0.3) is 0 Å². The van der Waals surface area contributed by atoms with Gasteiger partial charge < -0.3 is 15.1 Å². The lowest BCUT2D eigenvalue weighted by atomic mass is 10.1. The van der Waals surface area contributed by atoms with E-state index in [0.717, 1.165) is 38.3 Å². The van der Waals surface area contributed by atoms with Gasteiger partial charge in [-0.05, 0) is 37.2 Å². The Morgan fingerprint density at radius 1 is 1.00 bits per heavy atom. The normalized spacial score (nSPS) is 15.1. The molecule has 1 aromatic heterocycles. The zero-order chi connectivity index (χ0) is 21.7. The number of likely N-dealkylation sites (N-methyl/N-ethyl adjacent to an activating group) is 1. The summed E-state index contributed by atoms with van der Waals surface area (Å²) in [6.07, 6.45) is 0. The number of aromatic nitrogens is 1. The van der Waals surface area contributed by atoms with Crippen LogP contribution in [0.3, 0.4) is 0 Å². The first-order valence-corrected chi connectivity index (χ1v) is 10.3. The molecule has 0 unspecified atom stereocenters. The maximum absolute atomic E-state index is 12.6. The number of aryl methyl sites for hydroxylation is 1. The smallest absolute Gasteiger partial charge is 0.271 e. The Bertz CT molecular complexity index is 887. The Labute approximate surface area is 178 Å². The summed E-state index contributed by atoms with van der Waals surface area (Å²) < 4.78 is 0. The van der Waals surface area contributed by atoms with E-state index in [-0.39, 0.29) is 11.8 Å². The molecule has 1 aliphatic heterocycles. The van der Waals surface area contributed by atoms with Crippen LogP contribution in [0.2, 0.25) is 0 Å². The van der Waals surface area contributed by atoms with Crippen molar-refractivity contribution in [1.82, 2.24) is 25.0 Å². The second kappa shape index (κ2) is 9.82. The van der Waals surface area contributed by atoms with E-state index in [4.69, 9.17) is 0 Å². The van der Waals surface area contributed by atoms with Crippen LogP contribution in [0.4, 0.5) is 0 Å². The largest absolute Gasteiger partial charge is 0.348 e. The van der Waals surface area contributed by atoms with Crippen molar-refractivity contribution in [2.75, 3.05) is 47.3 Å². The van der Waals surface area contributed by atoms with E-state index in [1.165, 1.54) is 10.5 Å². The van der Waals surface area contributed by atoms with Crippen molar-refractivity contribution in [2.24, 2.45) is 0 Å². The average Bonchev–Trinajstić information content (AvgIpc) is 2.74. The predicted molar refractivity (Wildman–Crippen MR) is 117 cm³/mol. The summed E-state index contributed by atoms with van der Waals surface area (Å²) in [5, 5.41) is 2.94. The number of carbonyl (C=O) groups is 2. The second-order valence-corrected chi connectivity index (χ2v) is 8.11. The van der Waals surface area contributed by atoms with Crippen molar-refractivity contribution in [3.63, 3.8) is 0 Å². The fourth-order valence-electron chi connectivity index (χ4n) is 3.45. The summed E-state index contributed by atoms with van der Waals surface area (Å²) in [7, 11) is 5.52. The fourth-order valence-corrected chi connectivity index (χ4v) is 3.45. The molecule has 2 amide bonds. The molecule has 3 rings (SSSR count). The SMILES string of the molecule is Cc1nc(C(=O)N(C)C)ccc1C(=O)NCc1ccc(CN2CCN(C)CC2)cc1. The molecule has 1 aliphatic rings. The molecule has 7 nitrogen and oxygen atoms in total. The van der Waals surface area contributed by atoms with Gasteiger partial charge in [0.2, 0.25) is 0 Å². The highest BCUT2D eigenvalue weighted by molar-refractivity contribution is 5.97. The maximum atomic E-state index is 12.6. The van der Waals surface area contributed by atoms with E-state index in [0.29, 0.717) is 23.5 Å². The Morgan fingerprint density at radius 2 is 1.63 bits per heavy atom. The molecule has 1 saturated heterocycles. The van der Waals surface area contributed by atoms with E-state index in [2.05, 4.69) is 51.4 Å². The van der Waals surface area contributed by atoms with Crippen molar-refractivity contribution < 1.29 is 9.59 Å². The standard InChI is InChI=1S/C23H31N5O2/c1-17-20(9-10-21(25-17)23(30)26(2)3)22(29)24-15-18-5-7-19(8-6-18)16-28-13-11-27(4)12-14-28/h5-10H,11-16H2,1-4H3,(H,24,29). The van der Waals surface area contributed by atoms with Crippen molar-refractivity contribution >= 4 is 11.8 Å². The van der Waals surface area contributed by atoms with Crippen LogP contribution in [0.5, 0.6) is 0 Å². The van der Waals surface area contributed by atoms with Crippen LogP contribution in [0.15, 0.2) is 36.4 Å². The number of hydrogen-bond donors (Lipinski definition) is 1. The highest BCUT2D eigenvalue weighted by atomic mass is 16.2. The molecule has 0 bridgehead atoms. The third kappa shape index (κ3) is 5.64. The van der Waals surface area contributed by atoms with Crippen LogP contribution in [0, 0.1) is 6.92 Å². The third-order valence-corrected chi connectivity index (χ3v) is 5.43. The van der Waals surface area contributed by atoms with Gasteiger partial charge in [-0.1, -0.05) is 24.3 Å². The lowest BCUT2D eigenvalue weighted by Crippen LogP contribution is -2.43. The topological polar surface area (TPSA) is 68.8 Å². The molecule has 0 aliphatic carbocycles. The third-order valence-electron chi connectivity index (χ3n) is 5.43. The van der Waals surface area contributed by atoms with Crippen LogP contribution < -0.4 is 5.32 Å². The van der Waals surface area contributed by atoms with E-state index < -0.39 is 0 Å². The molecule has 160 valence electrons. The number of hydrogen-bond acceptors (Lipinski definition) is 5. The maximum Gasteiger partial charge on any atom is 0.271 e. The number of amides is 2. The quantitative estimate of drug-likeness (QED) is 0.788. The first kappa shape index (κ1) is 21.9. The number of pyridine rings is 1. The van der Waals surface area contributed by atoms with E-state index in [1.54, 1.807) is 33.2 Å². The van der Waals surface area contributed by atoms with Gasteiger partial charge in [-0.2, -0.15) is 0 Å². The summed E-state index contributed by atoms with van der Waals surface area (Å²) in [5.41, 5.74) is 3.70. The molecule has 1 aromatic carbocycles. The monoisotopic (exact) mass is 409 g/mol. The summed E-state index contributed by atoms with van der Waals surface area (Å²) in [6.45, 7) is 7.58. The minimum atomic E-state index is -0.189. The number of carbonyl (C=O) groups excluding carboxylic acids is 2.